The maximum atomic E-state index is 9.37. The van der Waals surface area contributed by atoms with Crippen molar-refractivity contribution in [3.8, 4) is 0 Å². The summed E-state index contributed by atoms with van der Waals surface area (Å²) in [5, 5.41) is 19.4. The van der Waals surface area contributed by atoms with Crippen molar-refractivity contribution < 1.29 is 15.0 Å². The summed E-state index contributed by atoms with van der Waals surface area (Å²) in [6, 6.07) is 9.98. The van der Waals surface area contributed by atoms with Crippen LogP contribution in [0.15, 0.2) is 30.3 Å². The smallest absolute Gasteiger partial charge is 0.303 e. The Bertz CT molecular complexity index is 275. The molecule has 4 nitrogen and oxygen atoms in total. The van der Waals surface area contributed by atoms with Crippen molar-refractivity contribution in [1.29, 1.82) is 0 Å². The molecule has 0 amide bonds. The van der Waals surface area contributed by atoms with Crippen LogP contribution in [0.4, 0.5) is 5.69 Å². The zero-order chi connectivity index (χ0) is 12.2. The number of carboxylic acid groups (broad SMARTS) is 1. The fourth-order valence-corrected chi connectivity index (χ4v) is 0.868. The summed E-state index contributed by atoms with van der Waals surface area (Å²) >= 11 is 0. The van der Waals surface area contributed by atoms with E-state index in [-0.39, 0.29) is 13.0 Å². The molecular formula is C12H19NO3. The van der Waals surface area contributed by atoms with E-state index in [2.05, 4.69) is 5.32 Å². The summed E-state index contributed by atoms with van der Waals surface area (Å²) in [6.07, 6.45) is 1.02. The number of hydrogen-bond acceptors (Lipinski definition) is 3. The number of para-hydroxylation sites is 1. The fourth-order valence-electron chi connectivity index (χ4n) is 0.868. The number of anilines is 1. The van der Waals surface area contributed by atoms with E-state index in [4.69, 9.17) is 10.2 Å². The Kier molecular flexibility index (Phi) is 9.02. The van der Waals surface area contributed by atoms with Crippen LogP contribution in [0, 0.1) is 0 Å². The van der Waals surface area contributed by atoms with Gasteiger partial charge in [0, 0.05) is 25.3 Å². The molecule has 0 unspecified atom stereocenters. The van der Waals surface area contributed by atoms with E-state index in [9.17, 15) is 4.79 Å². The summed E-state index contributed by atoms with van der Waals surface area (Å²) < 4.78 is 0. The van der Waals surface area contributed by atoms with Crippen LogP contribution in [0.5, 0.6) is 0 Å². The summed E-state index contributed by atoms with van der Waals surface area (Å²) in [4.78, 5) is 9.37. The second kappa shape index (κ2) is 9.98. The Labute approximate surface area is 95.9 Å². The van der Waals surface area contributed by atoms with Gasteiger partial charge in [-0.05, 0) is 18.6 Å². The topological polar surface area (TPSA) is 69.6 Å². The highest BCUT2D eigenvalue weighted by molar-refractivity contribution is 5.66. The number of hydrogen-bond donors (Lipinski definition) is 3. The minimum absolute atomic E-state index is 0.222. The lowest BCUT2D eigenvalue weighted by Crippen LogP contribution is -2.02. The van der Waals surface area contributed by atoms with E-state index in [0.717, 1.165) is 18.7 Å². The highest BCUT2D eigenvalue weighted by Gasteiger charge is 1.86. The minimum Gasteiger partial charge on any atom is -0.481 e. The highest BCUT2D eigenvalue weighted by Crippen LogP contribution is 2.03. The van der Waals surface area contributed by atoms with Gasteiger partial charge in [0.25, 0.3) is 0 Å². The first-order chi connectivity index (χ1) is 7.70. The number of rotatable bonds is 5. The molecule has 0 fully saturated rings. The van der Waals surface area contributed by atoms with Crippen LogP contribution in [0.1, 0.15) is 19.8 Å². The molecular weight excluding hydrogens is 206 g/mol. The van der Waals surface area contributed by atoms with Crippen molar-refractivity contribution in [3.05, 3.63) is 30.3 Å². The van der Waals surface area contributed by atoms with Crippen LogP contribution < -0.4 is 5.32 Å². The van der Waals surface area contributed by atoms with Crippen LogP contribution in [0.2, 0.25) is 0 Å². The van der Waals surface area contributed by atoms with Gasteiger partial charge in [0.1, 0.15) is 0 Å². The van der Waals surface area contributed by atoms with Crippen molar-refractivity contribution in [2.24, 2.45) is 0 Å². The molecule has 3 N–H and O–H groups in total. The third kappa shape index (κ3) is 9.02. The van der Waals surface area contributed by atoms with E-state index in [1.54, 1.807) is 6.92 Å². The van der Waals surface area contributed by atoms with Crippen LogP contribution in [-0.2, 0) is 4.79 Å². The van der Waals surface area contributed by atoms with Gasteiger partial charge in [0.15, 0.2) is 0 Å². The molecule has 4 heteroatoms. The molecule has 0 saturated heterocycles. The molecule has 0 aliphatic heterocycles. The van der Waals surface area contributed by atoms with Gasteiger partial charge in [-0.1, -0.05) is 25.1 Å². The van der Waals surface area contributed by atoms with E-state index in [1.807, 2.05) is 30.3 Å². The third-order valence-electron chi connectivity index (χ3n) is 1.74. The number of benzene rings is 1. The predicted molar refractivity (Wildman–Crippen MR) is 64.6 cm³/mol. The Morgan fingerprint density at radius 1 is 1.31 bits per heavy atom. The second-order valence-corrected chi connectivity index (χ2v) is 3.12. The third-order valence-corrected chi connectivity index (χ3v) is 1.74. The zero-order valence-electron chi connectivity index (χ0n) is 9.52. The van der Waals surface area contributed by atoms with Crippen molar-refractivity contribution in [2.75, 3.05) is 18.5 Å². The molecule has 1 aromatic rings. The van der Waals surface area contributed by atoms with Gasteiger partial charge in [-0.15, -0.1) is 0 Å². The highest BCUT2D eigenvalue weighted by atomic mass is 16.4. The van der Waals surface area contributed by atoms with Crippen molar-refractivity contribution in [2.45, 2.75) is 19.8 Å². The number of aliphatic carboxylic acids is 1. The predicted octanol–water partition coefficient (Wildman–Crippen LogP) is 1.96. The quantitative estimate of drug-likeness (QED) is 0.670. The maximum absolute atomic E-state index is 9.37. The van der Waals surface area contributed by atoms with Crippen LogP contribution in [0.3, 0.4) is 0 Å². The van der Waals surface area contributed by atoms with Crippen molar-refractivity contribution >= 4 is 11.7 Å². The van der Waals surface area contributed by atoms with E-state index in [1.165, 1.54) is 0 Å². The Hall–Kier alpha value is -1.55. The first-order valence-electron chi connectivity index (χ1n) is 5.32. The van der Waals surface area contributed by atoms with Gasteiger partial charge in [-0.2, -0.15) is 0 Å². The molecule has 0 radical (unpaired) electrons. The summed E-state index contributed by atoms with van der Waals surface area (Å²) in [5.74, 6) is -0.745. The van der Waals surface area contributed by atoms with Gasteiger partial charge < -0.3 is 15.5 Å². The van der Waals surface area contributed by atoms with Gasteiger partial charge in [-0.3, -0.25) is 4.79 Å². The molecule has 0 heterocycles. The van der Waals surface area contributed by atoms with Gasteiger partial charge in [0.05, 0.1) is 0 Å². The number of aliphatic hydroxyl groups excluding tert-OH is 1. The molecule has 90 valence electrons. The van der Waals surface area contributed by atoms with Gasteiger partial charge in [0.2, 0.25) is 0 Å². The molecule has 0 aliphatic carbocycles. The number of aliphatic hydroxyl groups is 1. The Morgan fingerprint density at radius 3 is 2.31 bits per heavy atom. The lowest BCUT2D eigenvalue weighted by Gasteiger charge is -2.03. The van der Waals surface area contributed by atoms with Crippen molar-refractivity contribution in [3.63, 3.8) is 0 Å². The normalized spacial score (nSPS) is 8.88. The second-order valence-electron chi connectivity index (χ2n) is 3.12. The average molecular weight is 225 g/mol. The van der Waals surface area contributed by atoms with Crippen LogP contribution >= 0.6 is 0 Å². The van der Waals surface area contributed by atoms with Crippen molar-refractivity contribution in [1.82, 2.24) is 0 Å². The largest absolute Gasteiger partial charge is 0.481 e. The molecule has 0 saturated carbocycles. The Morgan fingerprint density at radius 2 is 1.88 bits per heavy atom. The summed E-state index contributed by atoms with van der Waals surface area (Å²) in [6.45, 7) is 2.68. The molecule has 0 aromatic heterocycles. The first-order valence-corrected chi connectivity index (χ1v) is 5.32. The first kappa shape index (κ1) is 14.5. The summed E-state index contributed by atoms with van der Waals surface area (Å²) in [5.41, 5.74) is 1.11. The Balaban J connectivity index is 0.000000385. The molecule has 16 heavy (non-hydrogen) atoms. The number of carboxylic acids is 1. The molecule has 0 bridgehead atoms. The monoisotopic (exact) mass is 225 g/mol. The lowest BCUT2D eigenvalue weighted by molar-refractivity contribution is -0.136. The average Bonchev–Trinajstić information content (AvgIpc) is 2.31. The van der Waals surface area contributed by atoms with Gasteiger partial charge >= 0.3 is 5.97 Å². The van der Waals surface area contributed by atoms with E-state index < -0.39 is 5.97 Å². The number of nitrogens with one attached hydrogen (secondary N) is 1. The van der Waals surface area contributed by atoms with Gasteiger partial charge in [-0.25, -0.2) is 0 Å². The molecule has 0 aliphatic rings. The molecule has 1 rings (SSSR count). The SMILES string of the molecule is CCC(=O)O.OCCCNc1ccccc1. The molecule has 1 aromatic carbocycles. The fraction of sp³-hybridized carbons (Fsp3) is 0.417. The maximum Gasteiger partial charge on any atom is 0.303 e. The standard InChI is InChI=1S/C9H13NO.C3H6O2/c11-8-4-7-10-9-5-2-1-3-6-9;1-2-3(4)5/h1-3,5-6,10-11H,4,7-8H2;2H2,1H3,(H,4,5). The summed E-state index contributed by atoms with van der Waals surface area (Å²) in [7, 11) is 0. The van der Waals surface area contributed by atoms with E-state index in [0.29, 0.717) is 0 Å². The van der Waals surface area contributed by atoms with E-state index >= 15 is 0 Å². The van der Waals surface area contributed by atoms with Crippen LogP contribution in [-0.4, -0.2) is 29.3 Å². The number of carbonyl (C=O) groups is 1. The minimum atomic E-state index is -0.745. The zero-order valence-corrected chi connectivity index (χ0v) is 9.52. The van der Waals surface area contributed by atoms with Crippen LogP contribution in [0.25, 0.3) is 0 Å². The molecule has 0 spiro atoms. The molecule has 0 atom stereocenters. The lowest BCUT2D eigenvalue weighted by atomic mass is 10.3.